The molecule has 5 nitrogen and oxygen atoms in total. The Morgan fingerprint density at radius 2 is 1.86 bits per heavy atom. The number of carbonyl (C=O) groups excluding carboxylic acids is 2. The Morgan fingerprint density at radius 3 is 2.29 bits per heavy atom. The Hall–Kier alpha value is -0.910. The van der Waals surface area contributed by atoms with E-state index in [1.807, 2.05) is 27.7 Å². The minimum absolute atomic E-state index is 0.00772. The zero-order valence-corrected chi connectivity index (χ0v) is 14.6. The molecule has 0 aromatic heterocycles. The third kappa shape index (κ3) is 3.65. The van der Waals surface area contributed by atoms with E-state index in [9.17, 15) is 13.8 Å². The molecule has 1 rings (SSSR count). The van der Waals surface area contributed by atoms with E-state index >= 15 is 0 Å². The van der Waals surface area contributed by atoms with E-state index in [1.165, 1.54) is 0 Å². The number of carbonyl (C=O) groups is 2. The Labute approximate surface area is 130 Å². The molecule has 1 aliphatic rings. The van der Waals surface area contributed by atoms with Crippen molar-refractivity contribution in [1.82, 2.24) is 10.2 Å². The van der Waals surface area contributed by atoms with Gasteiger partial charge in [-0.15, -0.1) is 0 Å². The summed E-state index contributed by atoms with van der Waals surface area (Å²) in [7, 11) is -0.885. The van der Waals surface area contributed by atoms with Crippen LogP contribution in [0.25, 0.3) is 0 Å². The van der Waals surface area contributed by atoms with Crippen LogP contribution in [0.4, 0.5) is 0 Å². The van der Waals surface area contributed by atoms with Gasteiger partial charge in [-0.3, -0.25) is 13.8 Å². The maximum Gasteiger partial charge on any atom is 0.249 e. The summed E-state index contributed by atoms with van der Waals surface area (Å²) in [6.07, 6.45) is 4.10. The standard InChI is InChI=1S/C15H28N2O3S/c1-6-12-13(18)16-15(7-2,8-3)14(19)17(12)11(4)9-10-21(5)20/h11-12H,6-10H2,1-5H3,(H,16,18). The van der Waals surface area contributed by atoms with Gasteiger partial charge in [0.25, 0.3) is 0 Å². The second kappa shape index (κ2) is 7.38. The van der Waals surface area contributed by atoms with Gasteiger partial charge >= 0.3 is 0 Å². The van der Waals surface area contributed by atoms with E-state index in [0.29, 0.717) is 31.4 Å². The van der Waals surface area contributed by atoms with Crippen molar-refractivity contribution >= 4 is 22.6 Å². The van der Waals surface area contributed by atoms with Crippen molar-refractivity contribution in [2.24, 2.45) is 0 Å². The molecule has 0 aromatic rings. The summed E-state index contributed by atoms with van der Waals surface area (Å²) in [5.74, 6) is 0.493. The molecular formula is C15H28N2O3S. The molecule has 122 valence electrons. The Kier molecular flexibility index (Phi) is 6.38. The van der Waals surface area contributed by atoms with Crippen molar-refractivity contribution in [2.45, 2.75) is 71.0 Å². The van der Waals surface area contributed by atoms with Crippen LogP contribution in [0.2, 0.25) is 0 Å². The largest absolute Gasteiger partial charge is 0.340 e. The van der Waals surface area contributed by atoms with Crippen molar-refractivity contribution in [3.8, 4) is 0 Å². The molecule has 3 unspecified atom stereocenters. The van der Waals surface area contributed by atoms with Crippen LogP contribution in [-0.4, -0.2) is 50.6 Å². The maximum absolute atomic E-state index is 12.9. The number of rotatable bonds is 7. The third-order valence-corrected chi connectivity index (χ3v) is 5.35. The minimum atomic E-state index is -0.885. The summed E-state index contributed by atoms with van der Waals surface area (Å²) in [5, 5.41) is 2.94. The van der Waals surface area contributed by atoms with Gasteiger partial charge in [0.1, 0.15) is 11.6 Å². The lowest BCUT2D eigenvalue weighted by atomic mass is 9.85. The first-order chi connectivity index (χ1) is 9.82. The van der Waals surface area contributed by atoms with Crippen molar-refractivity contribution in [3.05, 3.63) is 0 Å². The second-order valence-corrected chi connectivity index (χ2v) is 7.38. The number of nitrogens with zero attached hydrogens (tertiary/aromatic N) is 1. The first-order valence-electron chi connectivity index (χ1n) is 7.77. The number of nitrogens with one attached hydrogen (secondary N) is 1. The van der Waals surface area contributed by atoms with Gasteiger partial charge in [0.2, 0.25) is 11.8 Å². The fourth-order valence-electron chi connectivity index (χ4n) is 2.98. The Balaban J connectivity index is 3.06. The number of hydrogen-bond donors (Lipinski definition) is 1. The third-order valence-electron chi connectivity index (χ3n) is 4.54. The van der Waals surface area contributed by atoms with Crippen molar-refractivity contribution in [2.75, 3.05) is 12.0 Å². The van der Waals surface area contributed by atoms with E-state index in [-0.39, 0.29) is 17.9 Å². The predicted molar refractivity (Wildman–Crippen MR) is 85.4 cm³/mol. The molecule has 0 aromatic carbocycles. The second-order valence-electron chi connectivity index (χ2n) is 5.83. The van der Waals surface area contributed by atoms with Gasteiger partial charge < -0.3 is 10.2 Å². The minimum Gasteiger partial charge on any atom is -0.340 e. The van der Waals surface area contributed by atoms with Crippen LogP contribution in [0.3, 0.4) is 0 Å². The van der Waals surface area contributed by atoms with Gasteiger partial charge in [0.15, 0.2) is 0 Å². The van der Waals surface area contributed by atoms with E-state index in [2.05, 4.69) is 5.32 Å². The summed E-state index contributed by atoms with van der Waals surface area (Å²) in [6.45, 7) is 7.72. The fourth-order valence-corrected chi connectivity index (χ4v) is 3.65. The molecule has 1 fully saturated rings. The molecule has 21 heavy (non-hydrogen) atoms. The molecule has 1 N–H and O–H groups in total. The summed E-state index contributed by atoms with van der Waals surface area (Å²) in [5.41, 5.74) is -0.775. The molecule has 0 radical (unpaired) electrons. The van der Waals surface area contributed by atoms with Gasteiger partial charge in [-0.05, 0) is 32.6 Å². The lowest BCUT2D eigenvalue weighted by Gasteiger charge is -2.47. The van der Waals surface area contributed by atoms with Gasteiger partial charge in [0, 0.05) is 28.9 Å². The number of hydrogen-bond acceptors (Lipinski definition) is 3. The molecular weight excluding hydrogens is 288 g/mol. The van der Waals surface area contributed by atoms with Crippen LogP contribution in [-0.2, 0) is 20.4 Å². The normalized spacial score (nSPS) is 24.6. The fraction of sp³-hybridized carbons (Fsp3) is 0.867. The van der Waals surface area contributed by atoms with Crippen LogP contribution in [0, 0.1) is 0 Å². The molecule has 1 heterocycles. The van der Waals surface area contributed by atoms with E-state index < -0.39 is 22.4 Å². The summed E-state index contributed by atoms with van der Waals surface area (Å²) < 4.78 is 11.3. The van der Waals surface area contributed by atoms with E-state index in [1.54, 1.807) is 11.2 Å². The van der Waals surface area contributed by atoms with Crippen LogP contribution < -0.4 is 5.32 Å². The topological polar surface area (TPSA) is 66.5 Å². The number of piperazine rings is 1. The highest BCUT2D eigenvalue weighted by Crippen LogP contribution is 2.28. The first-order valence-corrected chi connectivity index (χ1v) is 9.50. The molecule has 2 amide bonds. The zero-order chi connectivity index (χ0) is 16.2. The highest BCUT2D eigenvalue weighted by Gasteiger charge is 2.49. The summed E-state index contributed by atoms with van der Waals surface area (Å²) >= 11 is 0. The number of amides is 2. The van der Waals surface area contributed by atoms with Gasteiger partial charge in [0.05, 0.1) is 0 Å². The van der Waals surface area contributed by atoms with E-state index in [0.717, 1.165) is 0 Å². The van der Waals surface area contributed by atoms with E-state index in [4.69, 9.17) is 0 Å². The van der Waals surface area contributed by atoms with Crippen molar-refractivity contribution in [3.63, 3.8) is 0 Å². The van der Waals surface area contributed by atoms with Crippen molar-refractivity contribution < 1.29 is 13.8 Å². The summed E-state index contributed by atoms with van der Waals surface area (Å²) in [4.78, 5) is 27.1. The van der Waals surface area contributed by atoms with Gasteiger partial charge in [-0.25, -0.2) is 0 Å². The average molecular weight is 316 g/mol. The zero-order valence-electron chi connectivity index (χ0n) is 13.8. The molecule has 0 spiro atoms. The molecule has 1 aliphatic heterocycles. The molecule has 0 bridgehead atoms. The lowest BCUT2D eigenvalue weighted by molar-refractivity contribution is -0.158. The highest BCUT2D eigenvalue weighted by atomic mass is 32.2. The molecule has 3 atom stereocenters. The van der Waals surface area contributed by atoms with Gasteiger partial charge in [-0.1, -0.05) is 20.8 Å². The quantitative estimate of drug-likeness (QED) is 0.773. The average Bonchev–Trinajstić information content (AvgIpc) is 2.46. The summed E-state index contributed by atoms with van der Waals surface area (Å²) in [6, 6.07) is -0.487. The highest BCUT2D eigenvalue weighted by molar-refractivity contribution is 7.84. The lowest BCUT2D eigenvalue weighted by Crippen LogP contribution is -2.71. The van der Waals surface area contributed by atoms with Crippen LogP contribution in [0.5, 0.6) is 0 Å². The van der Waals surface area contributed by atoms with Crippen LogP contribution in [0.1, 0.15) is 53.4 Å². The SMILES string of the molecule is CCC1C(=O)NC(CC)(CC)C(=O)N1C(C)CCS(C)=O. The Morgan fingerprint density at radius 1 is 1.29 bits per heavy atom. The molecule has 0 aliphatic carbocycles. The van der Waals surface area contributed by atoms with Gasteiger partial charge in [-0.2, -0.15) is 0 Å². The van der Waals surface area contributed by atoms with Crippen LogP contribution >= 0.6 is 0 Å². The van der Waals surface area contributed by atoms with Crippen molar-refractivity contribution in [1.29, 1.82) is 0 Å². The maximum atomic E-state index is 12.9. The monoisotopic (exact) mass is 316 g/mol. The smallest absolute Gasteiger partial charge is 0.249 e. The molecule has 0 saturated carbocycles. The first kappa shape index (κ1) is 18.1. The predicted octanol–water partition coefficient (Wildman–Crippen LogP) is 1.44. The molecule has 1 saturated heterocycles. The Bertz CT molecular complexity index is 421. The van der Waals surface area contributed by atoms with Crippen LogP contribution in [0.15, 0.2) is 0 Å². The molecule has 6 heteroatoms.